The highest BCUT2D eigenvalue weighted by Crippen LogP contribution is 2.47. The maximum Gasteiger partial charge on any atom is 0.164 e. The number of nitrogens with zero attached hydrogens (tertiary/aromatic N) is 3. The smallest absolute Gasteiger partial charge is 0.164 e. The van der Waals surface area contributed by atoms with Crippen LogP contribution in [0.5, 0.6) is 0 Å². The van der Waals surface area contributed by atoms with Gasteiger partial charge in [0, 0.05) is 22.1 Å². The zero-order valence-electron chi connectivity index (χ0n) is 29.8. The molecule has 1 saturated carbocycles. The lowest BCUT2D eigenvalue weighted by atomic mass is 9.64. The first-order valence-electron chi connectivity index (χ1n) is 18.9. The SMILES string of the molecule is C1=CC(c2nc(-c3ccccc3)nc(-c3ccc4ccccc4c3)n2)=CC=C(C2(c3ccc(-c4cccc(-c5ccccc5)c4)cc3)CCCCC2)C1. The zero-order chi connectivity index (χ0) is 35.5. The maximum atomic E-state index is 5.11. The van der Waals surface area contributed by atoms with Crippen LogP contribution in [0, 0.1) is 0 Å². The number of hydrogen-bond acceptors (Lipinski definition) is 3. The van der Waals surface area contributed by atoms with E-state index in [4.69, 9.17) is 15.0 Å². The molecular formula is C50H41N3. The Hall–Kier alpha value is -6.19. The monoisotopic (exact) mass is 683 g/mol. The van der Waals surface area contributed by atoms with Crippen LogP contribution < -0.4 is 0 Å². The Kier molecular flexibility index (Phi) is 8.91. The number of allylic oxidation sites excluding steroid dienone is 6. The van der Waals surface area contributed by atoms with E-state index in [0.717, 1.165) is 36.0 Å². The summed E-state index contributed by atoms with van der Waals surface area (Å²) in [6, 6.07) is 54.0. The molecule has 0 unspecified atom stereocenters. The lowest BCUT2D eigenvalue weighted by Gasteiger charge is -2.40. The Balaban J connectivity index is 1.07. The topological polar surface area (TPSA) is 38.7 Å². The van der Waals surface area contributed by atoms with Crippen LogP contribution in [0.4, 0.5) is 0 Å². The molecular weight excluding hydrogens is 643 g/mol. The molecule has 53 heavy (non-hydrogen) atoms. The van der Waals surface area contributed by atoms with Crippen molar-refractivity contribution in [2.24, 2.45) is 0 Å². The van der Waals surface area contributed by atoms with Gasteiger partial charge in [-0.15, -0.1) is 0 Å². The summed E-state index contributed by atoms with van der Waals surface area (Å²) in [5.74, 6) is 2.05. The fourth-order valence-electron chi connectivity index (χ4n) is 8.25. The molecule has 2 aliphatic rings. The zero-order valence-corrected chi connectivity index (χ0v) is 29.8. The molecule has 0 saturated heterocycles. The minimum Gasteiger partial charge on any atom is -0.208 e. The van der Waals surface area contributed by atoms with Crippen LogP contribution in [0.1, 0.15) is 49.9 Å². The van der Waals surface area contributed by atoms with Crippen molar-refractivity contribution in [3.63, 3.8) is 0 Å². The summed E-state index contributed by atoms with van der Waals surface area (Å²) in [5.41, 5.74) is 10.8. The molecule has 1 aromatic heterocycles. The van der Waals surface area contributed by atoms with Crippen LogP contribution in [0.3, 0.4) is 0 Å². The van der Waals surface area contributed by atoms with E-state index in [-0.39, 0.29) is 5.41 Å². The summed E-state index contributed by atoms with van der Waals surface area (Å²) in [7, 11) is 0. The van der Waals surface area contributed by atoms with E-state index in [2.05, 4.69) is 158 Å². The van der Waals surface area contributed by atoms with Gasteiger partial charge in [0.15, 0.2) is 17.5 Å². The highest BCUT2D eigenvalue weighted by atomic mass is 15.0. The molecule has 0 aliphatic heterocycles. The van der Waals surface area contributed by atoms with Crippen LogP contribution in [-0.4, -0.2) is 15.0 Å². The van der Waals surface area contributed by atoms with E-state index >= 15 is 0 Å². The molecule has 3 heteroatoms. The van der Waals surface area contributed by atoms with Gasteiger partial charge in [-0.1, -0.05) is 189 Å². The van der Waals surface area contributed by atoms with Gasteiger partial charge in [-0.2, -0.15) is 0 Å². The van der Waals surface area contributed by atoms with Gasteiger partial charge in [0.05, 0.1) is 0 Å². The highest BCUT2D eigenvalue weighted by Gasteiger charge is 2.37. The molecule has 0 radical (unpaired) electrons. The minimum atomic E-state index is 0.00348. The van der Waals surface area contributed by atoms with Crippen molar-refractivity contribution < 1.29 is 0 Å². The Morgan fingerprint density at radius 3 is 1.74 bits per heavy atom. The van der Waals surface area contributed by atoms with E-state index < -0.39 is 0 Å². The first-order valence-corrected chi connectivity index (χ1v) is 18.9. The molecule has 3 nitrogen and oxygen atoms in total. The van der Waals surface area contributed by atoms with Crippen molar-refractivity contribution >= 4 is 16.3 Å². The summed E-state index contributed by atoms with van der Waals surface area (Å²) in [6.45, 7) is 0. The predicted molar refractivity (Wildman–Crippen MR) is 220 cm³/mol. The van der Waals surface area contributed by atoms with E-state index in [1.807, 2.05) is 18.2 Å². The van der Waals surface area contributed by atoms with Crippen LogP contribution in [0.25, 0.3) is 61.4 Å². The van der Waals surface area contributed by atoms with Crippen molar-refractivity contribution in [1.29, 1.82) is 0 Å². The van der Waals surface area contributed by atoms with Crippen LogP contribution in [0.2, 0.25) is 0 Å². The van der Waals surface area contributed by atoms with Crippen molar-refractivity contribution in [1.82, 2.24) is 15.0 Å². The number of benzene rings is 6. The molecule has 0 N–H and O–H groups in total. The lowest BCUT2D eigenvalue weighted by Crippen LogP contribution is -2.31. The molecule has 6 aromatic carbocycles. The third-order valence-electron chi connectivity index (χ3n) is 11.1. The Morgan fingerprint density at radius 1 is 0.415 bits per heavy atom. The first kappa shape index (κ1) is 32.7. The summed E-state index contributed by atoms with van der Waals surface area (Å²) < 4.78 is 0. The van der Waals surface area contributed by atoms with Crippen LogP contribution in [0.15, 0.2) is 182 Å². The van der Waals surface area contributed by atoms with Gasteiger partial charge < -0.3 is 0 Å². The predicted octanol–water partition coefficient (Wildman–Crippen LogP) is 12.9. The number of hydrogen-bond donors (Lipinski definition) is 0. The Morgan fingerprint density at radius 2 is 1.00 bits per heavy atom. The molecule has 0 amide bonds. The van der Waals surface area contributed by atoms with Gasteiger partial charge in [-0.3, -0.25) is 0 Å². The summed E-state index contributed by atoms with van der Waals surface area (Å²) in [4.78, 5) is 15.2. The second-order valence-corrected chi connectivity index (χ2v) is 14.3. The van der Waals surface area contributed by atoms with Crippen molar-refractivity contribution in [2.45, 2.75) is 43.9 Å². The number of aromatic nitrogens is 3. The van der Waals surface area contributed by atoms with Crippen molar-refractivity contribution in [3.8, 4) is 45.0 Å². The number of rotatable bonds is 7. The average molecular weight is 684 g/mol. The summed E-state index contributed by atoms with van der Waals surface area (Å²) >= 11 is 0. The van der Waals surface area contributed by atoms with Crippen molar-refractivity contribution in [2.75, 3.05) is 0 Å². The van der Waals surface area contributed by atoms with Gasteiger partial charge in [-0.05, 0) is 70.0 Å². The Labute approximate surface area is 312 Å². The first-order chi connectivity index (χ1) is 26.2. The molecule has 9 rings (SSSR count). The molecule has 2 aliphatic carbocycles. The minimum absolute atomic E-state index is 0.00348. The molecule has 0 atom stereocenters. The molecule has 0 spiro atoms. The maximum absolute atomic E-state index is 5.11. The Bertz CT molecular complexity index is 2490. The molecule has 1 heterocycles. The van der Waals surface area contributed by atoms with Gasteiger partial charge >= 0.3 is 0 Å². The largest absolute Gasteiger partial charge is 0.208 e. The van der Waals surface area contributed by atoms with Crippen LogP contribution >= 0.6 is 0 Å². The quantitative estimate of drug-likeness (QED) is 0.168. The van der Waals surface area contributed by atoms with Gasteiger partial charge in [0.1, 0.15) is 0 Å². The fraction of sp³-hybridized carbons (Fsp3) is 0.140. The van der Waals surface area contributed by atoms with E-state index in [0.29, 0.717) is 17.5 Å². The third kappa shape index (κ3) is 6.67. The summed E-state index contributed by atoms with van der Waals surface area (Å²) in [6.07, 6.45) is 16.1. The van der Waals surface area contributed by atoms with Gasteiger partial charge in [0.2, 0.25) is 0 Å². The number of fused-ring (bicyclic) bond motifs is 1. The van der Waals surface area contributed by atoms with Gasteiger partial charge in [0.25, 0.3) is 0 Å². The van der Waals surface area contributed by atoms with Crippen molar-refractivity contribution in [3.05, 3.63) is 193 Å². The molecule has 256 valence electrons. The standard InChI is InChI=1S/C50H41N3/c1-4-14-36(15-5-1)42-21-12-22-43(34-42)38-26-29-46(30-27-38)50(32-10-3-11-33-50)45-23-13-20-40(28-31-45)48-51-47(39-17-6-2-7-18-39)52-49(53-48)44-25-24-37-16-8-9-19-41(37)35-44/h1-2,4-9,12-22,24-31,34-35H,3,10-11,23,32-33H2. The molecule has 0 bridgehead atoms. The van der Waals surface area contributed by atoms with Gasteiger partial charge in [-0.25, -0.2) is 15.0 Å². The highest BCUT2D eigenvalue weighted by molar-refractivity contribution is 5.87. The second-order valence-electron chi connectivity index (χ2n) is 14.3. The second kappa shape index (κ2) is 14.4. The molecule has 1 fully saturated rings. The fourth-order valence-corrected chi connectivity index (χ4v) is 8.25. The van der Waals surface area contributed by atoms with Crippen LogP contribution in [-0.2, 0) is 5.41 Å². The average Bonchev–Trinajstić information content (AvgIpc) is 3.52. The summed E-state index contributed by atoms with van der Waals surface area (Å²) in [5, 5.41) is 2.37. The normalized spacial score (nSPS) is 15.4. The third-order valence-corrected chi connectivity index (χ3v) is 11.1. The van der Waals surface area contributed by atoms with E-state index in [1.165, 1.54) is 63.4 Å². The lowest BCUT2D eigenvalue weighted by molar-refractivity contribution is 0.336. The van der Waals surface area contributed by atoms with E-state index in [1.54, 1.807) is 0 Å². The van der Waals surface area contributed by atoms with E-state index in [9.17, 15) is 0 Å². The molecule has 7 aromatic rings.